The van der Waals surface area contributed by atoms with Gasteiger partial charge in [0.25, 0.3) is 0 Å². The average molecular weight is 422 g/mol. The quantitative estimate of drug-likeness (QED) is 0.600. The zero-order valence-electron chi connectivity index (χ0n) is 17.3. The van der Waals surface area contributed by atoms with Crippen LogP contribution in [0, 0.1) is 12.7 Å². The van der Waals surface area contributed by atoms with Gasteiger partial charge in [-0.3, -0.25) is 4.72 Å². The summed E-state index contributed by atoms with van der Waals surface area (Å²) in [4.78, 5) is 0. The summed E-state index contributed by atoms with van der Waals surface area (Å²) < 4.78 is 39.9. The number of allylic oxidation sites excluding steroid dienone is 1. The summed E-state index contributed by atoms with van der Waals surface area (Å²) in [6.07, 6.45) is 2.76. The minimum absolute atomic E-state index is 0.229. The Bertz CT molecular complexity index is 1220. The number of nitrogens with one attached hydrogen (secondary N) is 1. The second kappa shape index (κ2) is 7.73. The third-order valence-electron chi connectivity index (χ3n) is 5.50. The molecule has 0 heterocycles. The standard InChI is InChI=1S/C25H24FNO2S/c1-16-7-11-23-19(13-16)8-9-20-14-21(26)10-12-24(20)25(23)17(2)18-5-4-6-22(15-18)27-30(3,28)29/h4-7,10-15,27H,8-9H2,1-3H3/b25-17-. The van der Waals surface area contributed by atoms with E-state index < -0.39 is 10.0 Å². The number of benzene rings is 3. The van der Waals surface area contributed by atoms with Gasteiger partial charge in [0.1, 0.15) is 5.82 Å². The van der Waals surface area contributed by atoms with Crippen molar-refractivity contribution in [3.63, 3.8) is 0 Å². The Labute approximate surface area is 177 Å². The summed E-state index contributed by atoms with van der Waals surface area (Å²) >= 11 is 0. The van der Waals surface area contributed by atoms with Crippen LogP contribution in [0.1, 0.15) is 40.3 Å². The van der Waals surface area contributed by atoms with Crippen LogP contribution < -0.4 is 4.72 Å². The average Bonchev–Trinajstić information content (AvgIpc) is 2.82. The molecule has 5 heteroatoms. The normalized spacial score (nSPS) is 15.1. The van der Waals surface area contributed by atoms with E-state index in [2.05, 4.69) is 29.8 Å². The van der Waals surface area contributed by atoms with E-state index in [0.29, 0.717) is 5.69 Å². The van der Waals surface area contributed by atoms with Crippen LogP contribution in [0.15, 0.2) is 60.7 Å². The van der Waals surface area contributed by atoms with E-state index in [4.69, 9.17) is 0 Å². The van der Waals surface area contributed by atoms with E-state index in [-0.39, 0.29) is 5.82 Å². The molecule has 3 aromatic carbocycles. The molecule has 0 saturated carbocycles. The lowest BCUT2D eigenvalue weighted by molar-refractivity contribution is 0.607. The predicted octanol–water partition coefficient (Wildman–Crippen LogP) is 5.58. The molecule has 1 aliphatic rings. The Morgan fingerprint density at radius 1 is 0.933 bits per heavy atom. The molecule has 0 aliphatic heterocycles. The number of aryl methyl sites for hydroxylation is 3. The van der Waals surface area contributed by atoms with Crippen molar-refractivity contribution < 1.29 is 12.8 Å². The van der Waals surface area contributed by atoms with Gasteiger partial charge in [0.05, 0.1) is 6.26 Å². The fourth-order valence-electron chi connectivity index (χ4n) is 4.18. The van der Waals surface area contributed by atoms with Crippen LogP contribution in [-0.4, -0.2) is 14.7 Å². The van der Waals surface area contributed by atoms with Gasteiger partial charge in [-0.05, 0) is 89.9 Å². The Morgan fingerprint density at radius 3 is 2.30 bits per heavy atom. The lowest BCUT2D eigenvalue weighted by Crippen LogP contribution is -2.09. The van der Waals surface area contributed by atoms with Gasteiger partial charge in [0, 0.05) is 5.69 Å². The van der Waals surface area contributed by atoms with Crippen molar-refractivity contribution in [3.05, 3.63) is 99.9 Å². The molecule has 0 saturated heterocycles. The van der Waals surface area contributed by atoms with Gasteiger partial charge >= 0.3 is 0 Å². The summed E-state index contributed by atoms with van der Waals surface area (Å²) in [7, 11) is -3.36. The summed E-state index contributed by atoms with van der Waals surface area (Å²) in [5, 5.41) is 0. The Morgan fingerprint density at radius 2 is 1.60 bits per heavy atom. The topological polar surface area (TPSA) is 46.2 Å². The van der Waals surface area contributed by atoms with E-state index in [1.54, 1.807) is 12.1 Å². The highest BCUT2D eigenvalue weighted by molar-refractivity contribution is 7.92. The number of hydrogen-bond donors (Lipinski definition) is 1. The third kappa shape index (κ3) is 4.17. The second-order valence-corrected chi connectivity index (χ2v) is 9.67. The van der Waals surface area contributed by atoms with Crippen LogP contribution in [0.4, 0.5) is 10.1 Å². The highest BCUT2D eigenvalue weighted by Gasteiger charge is 2.21. The number of hydrogen-bond acceptors (Lipinski definition) is 2. The van der Waals surface area contributed by atoms with Crippen molar-refractivity contribution in [3.8, 4) is 0 Å². The monoisotopic (exact) mass is 421 g/mol. The maximum atomic E-state index is 14.0. The molecule has 0 atom stereocenters. The first-order valence-electron chi connectivity index (χ1n) is 9.89. The van der Waals surface area contributed by atoms with E-state index in [0.717, 1.165) is 52.5 Å². The first-order valence-corrected chi connectivity index (χ1v) is 11.8. The fraction of sp³-hybridized carbons (Fsp3) is 0.200. The van der Waals surface area contributed by atoms with Crippen molar-refractivity contribution in [1.82, 2.24) is 0 Å². The lowest BCUT2D eigenvalue weighted by atomic mass is 9.87. The minimum Gasteiger partial charge on any atom is -0.284 e. The highest BCUT2D eigenvalue weighted by atomic mass is 32.2. The molecule has 154 valence electrons. The van der Waals surface area contributed by atoms with Crippen molar-refractivity contribution in [1.29, 1.82) is 0 Å². The molecule has 0 fully saturated rings. The van der Waals surface area contributed by atoms with Crippen molar-refractivity contribution in [2.24, 2.45) is 0 Å². The molecule has 0 aromatic heterocycles. The van der Waals surface area contributed by atoms with Crippen LogP contribution >= 0.6 is 0 Å². The Balaban J connectivity index is 1.96. The SMILES string of the molecule is C/C(=C1\c2ccc(C)cc2CCc2cc(F)ccc21)c1cccc(NS(C)(=O)=O)c1. The molecule has 0 spiro atoms. The zero-order valence-corrected chi connectivity index (χ0v) is 18.1. The third-order valence-corrected chi connectivity index (χ3v) is 6.11. The van der Waals surface area contributed by atoms with E-state index in [1.807, 2.05) is 31.2 Å². The van der Waals surface area contributed by atoms with Gasteiger partial charge in [0.15, 0.2) is 0 Å². The largest absolute Gasteiger partial charge is 0.284 e. The van der Waals surface area contributed by atoms with Gasteiger partial charge < -0.3 is 0 Å². The van der Waals surface area contributed by atoms with Crippen LogP contribution in [0.2, 0.25) is 0 Å². The van der Waals surface area contributed by atoms with Gasteiger partial charge in [-0.2, -0.15) is 0 Å². The van der Waals surface area contributed by atoms with Crippen molar-refractivity contribution >= 4 is 26.9 Å². The molecule has 4 rings (SSSR count). The summed E-state index contributed by atoms with van der Waals surface area (Å²) in [5.74, 6) is -0.229. The smallest absolute Gasteiger partial charge is 0.229 e. The molecule has 0 amide bonds. The van der Waals surface area contributed by atoms with E-state index in [1.165, 1.54) is 17.2 Å². The lowest BCUT2D eigenvalue weighted by Gasteiger charge is -2.17. The first-order chi connectivity index (χ1) is 14.2. The van der Waals surface area contributed by atoms with E-state index >= 15 is 0 Å². The Hall–Kier alpha value is -2.92. The molecule has 1 N–H and O–H groups in total. The first kappa shape index (κ1) is 20.4. The number of fused-ring (bicyclic) bond motifs is 2. The maximum absolute atomic E-state index is 14.0. The molecular formula is C25H24FNO2S. The molecule has 0 radical (unpaired) electrons. The Kier molecular flexibility index (Phi) is 5.24. The van der Waals surface area contributed by atoms with Gasteiger partial charge in [-0.25, -0.2) is 12.8 Å². The van der Waals surface area contributed by atoms with Crippen LogP contribution in [0.3, 0.4) is 0 Å². The minimum atomic E-state index is -3.36. The molecule has 1 aliphatic carbocycles. The fourth-order valence-corrected chi connectivity index (χ4v) is 4.73. The second-order valence-electron chi connectivity index (χ2n) is 7.92. The van der Waals surface area contributed by atoms with Gasteiger partial charge in [0.2, 0.25) is 10.0 Å². The molecule has 30 heavy (non-hydrogen) atoms. The number of halogens is 1. The molecular weight excluding hydrogens is 397 g/mol. The zero-order chi connectivity index (χ0) is 21.5. The predicted molar refractivity (Wildman–Crippen MR) is 121 cm³/mol. The molecule has 0 bridgehead atoms. The number of sulfonamides is 1. The maximum Gasteiger partial charge on any atom is 0.229 e. The van der Waals surface area contributed by atoms with Crippen molar-refractivity contribution in [2.75, 3.05) is 11.0 Å². The molecule has 3 aromatic rings. The van der Waals surface area contributed by atoms with E-state index in [9.17, 15) is 12.8 Å². The molecule has 0 unspecified atom stereocenters. The number of rotatable bonds is 3. The highest BCUT2D eigenvalue weighted by Crippen LogP contribution is 2.39. The number of anilines is 1. The summed E-state index contributed by atoms with van der Waals surface area (Å²) in [6.45, 7) is 4.12. The van der Waals surface area contributed by atoms with Crippen LogP contribution in [0.25, 0.3) is 11.1 Å². The van der Waals surface area contributed by atoms with Crippen molar-refractivity contribution in [2.45, 2.75) is 26.7 Å². The van der Waals surface area contributed by atoms with Gasteiger partial charge in [-0.15, -0.1) is 0 Å². The molecule has 3 nitrogen and oxygen atoms in total. The van der Waals surface area contributed by atoms with Gasteiger partial charge in [-0.1, -0.05) is 42.0 Å². The summed E-state index contributed by atoms with van der Waals surface area (Å²) in [5.41, 5.74) is 9.12. The van der Waals surface area contributed by atoms with Crippen LogP contribution in [-0.2, 0) is 22.9 Å². The summed E-state index contributed by atoms with van der Waals surface area (Å²) in [6, 6.07) is 18.8. The van der Waals surface area contributed by atoms with Crippen LogP contribution in [0.5, 0.6) is 0 Å².